The van der Waals surface area contributed by atoms with Gasteiger partial charge in [-0.25, -0.2) is 0 Å². The summed E-state index contributed by atoms with van der Waals surface area (Å²) in [4.78, 5) is 9.00. The SMILES string of the molecule is CCNC(=NCC1(CCOCC)CC1)NCC(c1cccs1)N1CCCC1.I. The predicted octanol–water partition coefficient (Wildman–Crippen LogP) is 4.26. The molecule has 160 valence electrons. The number of nitrogens with one attached hydrogen (secondary N) is 2. The number of hydrogen-bond acceptors (Lipinski definition) is 4. The lowest BCUT2D eigenvalue weighted by Crippen LogP contribution is -2.42. The zero-order chi connectivity index (χ0) is 19.0. The molecule has 1 atom stereocenters. The minimum absolute atomic E-state index is 0. The molecule has 1 aliphatic carbocycles. The van der Waals surface area contributed by atoms with Gasteiger partial charge in [-0.3, -0.25) is 9.89 Å². The predicted molar refractivity (Wildman–Crippen MR) is 130 cm³/mol. The van der Waals surface area contributed by atoms with Crippen molar-refractivity contribution in [1.82, 2.24) is 15.5 Å². The van der Waals surface area contributed by atoms with Crippen LogP contribution in [-0.4, -0.2) is 56.8 Å². The molecule has 7 heteroatoms. The van der Waals surface area contributed by atoms with Crippen molar-refractivity contribution in [3.8, 4) is 0 Å². The maximum atomic E-state index is 5.56. The molecule has 0 amide bonds. The summed E-state index contributed by atoms with van der Waals surface area (Å²) in [5, 5.41) is 9.25. The molecule has 3 rings (SSSR count). The maximum absolute atomic E-state index is 5.56. The molecule has 5 nitrogen and oxygen atoms in total. The molecule has 1 aliphatic heterocycles. The molecule has 1 aromatic heterocycles. The summed E-state index contributed by atoms with van der Waals surface area (Å²) >= 11 is 1.87. The van der Waals surface area contributed by atoms with Gasteiger partial charge >= 0.3 is 0 Å². The Morgan fingerprint density at radius 1 is 1.29 bits per heavy atom. The van der Waals surface area contributed by atoms with E-state index in [4.69, 9.17) is 9.73 Å². The van der Waals surface area contributed by atoms with Gasteiger partial charge in [-0.2, -0.15) is 0 Å². The molecule has 0 radical (unpaired) electrons. The van der Waals surface area contributed by atoms with Crippen molar-refractivity contribution in [1.29, 1.82) is 0 Å². The lowest BCUT2D eigenvalue weighted by Gasteiger charge is -2.27. The molecule has 1 unspecified atom stereocenters. The Bertz CT molecular complexity index is 571. The van der Waals surface area contributed by atoms with Gasteiger partial charge in [0.25, 0.3) is 0 Å². The van der Waals surface area contributed by atoms with Gasteiger partial charge in [-0.05, 0) is 75.9 Å². The monoisotopic (exact) mass is 520 g/mol. The quantitative estimate of drug-likeness (QED) is 0.198. The van der Waals surface area contributed by atoms with Crippen molar-refractivity contribution in [2.45, 2.75) is 52.0 Å². The zero-order valence-corrected chi connectivity index (χ0v) is 20.6. The van der Waals surface area contributed by atoms with Gasteiger partial charge < -0.3 is 15.4 Å². The second kappa shape index (κ2) is 12.3. The average Bonchev–Trinajstić information content (AvgIpc) is 3.09. The van der Waals surface area contributed by atoms with Crippen LogP contribution in [0.1, 0.15) is 56.9 Å². The van der Waals surface area contributed by atoms with Gasteiger partial charge in [0.05, 0.1) is 6.04 Å². The third-order valence-corrected chi connectivity index (χ3v) is 6.74. The fourth-order valence-electron chi connectivity index (χ4n) is 3.82. The minimum atomic E-state index is 0. The highest BCUT2D eigenvalue weighted by Crippen LogP contribution is 2.49. The fourth-order valence-corrected chi connectivity index (χ4v) is 4.68. The van der Waals surface area contributed by atoms with E-state index in [1.807, 2.05) is 11.3 Å². The highest BCUT2D eigenvalue weighted by molar-refractivity contribution is 14.0. The van der Waals surface area contributed by atoms with Crippen LogP contribution in [0.15, 0.2) is 22.5 Å². The van der Waals surface area contributed by atoms with E-state index in [2.05, 4.69) is 46.9 Å². The van der Waals surface area contributed by atoms with Crippen LogP contribution in [-0.2, 0) is 4.74 Å². The Labute approximate surface area is 191 Å². The second-order valence-electron chi connectivity index (χ2n) is 7.80. The standard InChI is InChI=1S/C21H36N4OS.HI/c1-3-22-20(24-17-21(9-10-21)11-14-26-4-2)23-16-18(19-8-7-15-27-19)25-12-5-6-13-25;/h7-8,15,18H,3-6,9-14,16-17H2,1-2H3,(H2,22,23,24);1H. The molecule has 0 bridgehead atoms. The van der Waals surface area contributed by atoms with Gasteiger partial charge in [0.1, 0.15) is 0 Å². The molecular formula is C21H37IN4OS. The van der Waals surface area contributed by atoms with E-state index in [-0.39, 0.29) is 24.0 Å². The van der Waals surface area contributed by atoms with E-state index in [9.17, 15) is 0 Å². The van der Waals surface area contributed by atoms with Crippen molar-refractivity contribution in [3.63, 3.8) is 0 Å². The molecule has 2 N–H and O–H groups in total. The lowest BCUT2D eigenvalue weighted by atomic mass is 10.0. The van der Waals surface area contributed by atoms with Gasteiger partial charge in [-0.15, -0.1) is 35.3 Å². The first-order valence-corrected chi connectivity index (χ1v) is 11.5. The summed E-state index contributed by atoms with van der Waals surface area (Å²) in [6.45, 7) is 11.0. The molecule has 2 aliphatic rings. The van der Waals surface area contributed by atoms with Crippen LogP contribution >= 0.6 is 35.3 Å². The number of halogens is 1. The first-order valence-electron chi connectivity index (χ1n) is 10.6. The average molecular weight is 521 g/mol. The van der Waals surface area contributed by atoms with E-state index in [1.165, 1.54) is 43.6 Å². The van der Waals surface area contributed by atoms with Crippen molar-refractivity contribution in [3.05, 3.63) is 22.4 Å². The number of aliphatic imine (C=N–C) groups is 1. The topological polar surface area (TPSA) is 48.9 Å². The smallest absolute Gasteiger partial charge is 0.191 e. The van der Waals surface area contributed by atoms with Crippen molar-refractivity contribution in [2.24, 2.45) is 10.4 Å². The first kappa shape index (κ1) is 23.9. The first-order chi connectivity index (χ1) is 13.3. The third-order valence-electron chi connectivity index (χ3n) is 5.77. The second-order valence-corrected chi connectivity index (χ2v) is 8.78. The molecule has 0 aromatic carbocycles. The van der Waals surface area contributed by atoms with E-state index in [0.717, 1.165) is 45.2 Å². The van der Waals surface area contributed by atoms with E-state index in [1.54, 1.807) is 0 Å². The summed E-state index contributed by atoms with van der Waals surface area (Å²) in [6, 6.07) is 4.88. The Kier molecular flexibility index (Phi) is 10.5. The molecular weight excluding hydrogens is 483 g/mol. The molecule has 1 saturated heterocycles. The van der Waals surface area contributed by atoms with Crippen molar-refractivity contribution < 1.29 is 4.74 Å². The highest BCUT2D eigenvalue weighted by Gasteiger charge is 2.41. The molecule has 1 aromatic rings. The highest BCUT2D eigenvalue weighted by atomic mass is 127. The number of nitrogens with zero attached hydrogens (tertiary/aromatic N) is 2. The summed E-state index contributed by atoms with van der Waals surface area (Å²) in [5.74, 6) is 0.959. The van der Waals surface area contributed by atoms with Crippen LogP contribution < -0.4 is 10.6 Å². The van der Waals surface area contributed by atoms with Gasteiger partial charge in [-0.1, -0.05) is 6.07 Å². The molecule has 0 spiro atoms. The molecule has 2 heterocycles. The lowest BCUT2D eigenvalue weighted by molar-refractivity contribution is 0.129. The number of rotatable bonds is 11. The van der Waals surface area contributed by atoms with Crippen LogP contribution in [0.2, 0.25) is 0 Å². The van der Waals surface area contributed by atoms with Crippen LogP contribution in [0.3, 0.4) is 0 Å². The van der Waals surface area contributed by atoms with E-state index >= 15 is 0 Å². The van der Waals surface area contributed by atoms with Crippen molar-refractivity contribution >= 4 is 41.3 Å². The molecule has 2 fully saturated rings. The minimum Gasteiger partial charge on any atom is -0.382 e. The summed E-state index contributed by atoms with van der Waals surface area (Å²) in [7, 11) is 0. The molecule has 1 saturated carbocycles. The number of guanidine groups is 1. The Hall–Kier alpha value is -0.380. The maximum Gasteiger partial charge on any atom is 0.191 e. The van der Waals surface area contributed by atoms with Gasteiger partial charge in [0, 0.05) is 37.7 Å². The normalized spacial score (nSPS) is 19.9. The third kappa shape index (κ3) is 7.15. The van der Waals surface area contributed by atoms with Crippen LogP contribution in [0.25, 0.3) is 0 Å². The Morgan fingerprint density at radius 3 is 2.68 bits per heavy atom. The summed E-state index contributed by atoms with van der Waals surface area (Å²) in [6.07, 6.45) is 6.34. The van der Waals surface area contributed by atoms with Crippen LogP contribution in [0.5, 0.6) is 0 Å². The van der Waals surface area contributed by atoms with Crippen LogP contribution in [0.4, 0.5) is 0 Å². The van der Waals surface area contributed by atoms with Crippen LogP contribution in [0, 0.1) is 5.41 Å². The fraction of sp³-hybridized carbons (Fsp3) is 0.762. The number of likely N-dealkylation sites (tertiary alicyclic amines) is 1. The van der Waals surface area contributed by atoms with Gasteiger partial charge in [0.15, 0.2) is 5.96 Å². The van der Waals surface area contributed by atoms with E-state index < -0.39 is 0 Å². The van der Waals surface area contributed by atoms with Gasteiger partial charge in [0.2, 0.25) is 0 Å². The van der Waals surface area contributed by atoms with Crippen molar-refractivity contribution in [2.75, 3.05) is 45.9 Å². The molecule has 28 heavy (non-hydrogen) atoms. The number of ether oxygens (including phenoxy) is 1. The Morgan fingerprint density at radius 2 is 2.07 bits per heavy atom. The number of thiophene rings is 1. The van der Waals surface area contributed by atoms with E-state index in [0.29, 0.717) is 11.5 Å². The number of hydrogen-bond donors (Lipinski definition) is 2. The summed E-state index contributed by atoms with van der Waals surface area (Å²) in [5.41, 5.74) is 0.389. The zero-order valence-electron chi connectivity index (χ0n) is 17.4. The Balaban J connectivity index is 0.00000280. The largest absolute Gasteiger partial charge is 0.382 e. The summed E-state index contributed by atoms with van der Waals surface area (Å²) < 4.78 is 5.56.